The summed E-state index contributed by atoms with van der Waals surface area (Å²) >= 11 is 3.49. The lowest BCUT2D eigenvalue weighted by Gasteiger charge is -2.39. The van der Waals surface area contributed by atoms with Gasteiger partial charge in [-0.25, -0.2) is 4.39 Å². The topological polar surface area (TPSA) is 41.6 Å². The monoisotopic (exact) mass is 474 g/mol. The van der Waals surface area contributed by atoms with Crippen molar-refractivity contribution in [3.63, 3.8) is 0 Å². The molecular formula is C24H28BrFN2O2. The van der Waals surface area contributed by atoms with E-state index in [1.165, 1.54) is 12.1 Å². The van der Waals surface area contributed by atoms with E-state index in [4.69, 9.17) is 4.74 Å². The smallest absolute Gasteiger partial charge is 0.231 e. The number of likely N-dealkylation sites (tertiary alicyclic amines) is 1. The zero-order valence-corrected chi connectivity index (χ0v) is 18.7. The molecule has 2 aromatic rings. The average molecular weight is 475 g/mol. The predicted molar refractivity (Wildman–Crippen MR) is 119 cm³/mol. The molecule has 1 amide bonds. The minimum Gasteiger partial charge on any atom is -0.381 e. The van der Waals surface area contributed by atoms with E-state index in [0.29, 0.717) is 26.1 Å². The van der Waals surface area contributed by atoms with Crippen LogP contribution >= 0.6 is 15.9 Å². The van der Waals surface area contributed by atoms with Crippen molar-refractivity contribution in [3.8, 4) is 0 Å². The average Bonchev–Trinajstić information content (AvgIpc) is 2.77. The van der Waals surface area contributed by atoms with Crippen molar-refractivity contribution in [3.05, 3.63) is 69.9 Å². The van der Waals surface area contributed by atoms with Crippen molar-refractivity contribution in [2.75, 3.05) is 26.3 Å². The Morgan fingerprint density at radius 1 is 1.07 bits per heavy atom. The lowest BCUT2D eigenvalue weighted by Crippen LogP contribution is -2.53. The fourth-order valence-electron chi connectivity index (χ4n) is 4.54. The number of hydrogen-bond donors (Lipinski definition) is 1. The number of rotatable bonds is 5. The minimum atomic E-state index is -0.510. The van der Waals surface area contributed by atoms with E-state index >= 15 is 0 Å². The van der Waals surface area contributed by atoms with E-state index in [9.17, 15) is 9.18 Å². The van der Waals surface area contributed by atoms with Crippen molar-refractivity contribution in [2.24, 2.45) is 0 Å². The lowest BCUT2D eigenvalue weighted by molar-refractivity contribution is -0.131. The molecule has 0 aliphatic carbocycles. The normalized spacial score (nSPS) is 20.1. The van der Waals surface area contributed by atoms with E-state index in [1.807, 2.05) is 24.3 Å². The van der Waals surface area contributed by atoms with Gasteiger partial charge in [-0.3, -0.25) is 9.69 Å². The van der Waals surface area contributed by atoms with Gasteiger partial charge >= 0.3 is 0 Å². The number of amides is 1. The molecule has 4 nitrogen and oxygen atoms in total. The highest BCUT2D eigenvalue weighted by Gasteiger charge is 2.42. The lowest BCUT2D eigenvalue weighted by atomic mass is 9.73. The molecule has 4 rings (SSSR count). The van der Waals surface area contributed by atoms with Crippen LogP contribution in [-0.4, -0.2) is 43.2 Å². The van der Waals surface area contributed by atoms with E-state index in [0.717, 1.165) is 48.1 Å². The zero-order chi connectivity index (χ0) is 21.0. The minimum absolute atomic E-state index is 0.130. The SMILES string of the molecule is O=C(NC1CCN(Cc2ccc(F)cc2)CC1)C1(c2ccc(Br)cc2)CCOCC1. The third-order valence-electron chi connectivity index (χ3n) is 6.42. The number of nitrogens with one attached hydrogen (secondary N) is 1. The summed E-state index contributed by atoms with van der Waals surface area (Å²) in [5.41, 5.74) is 1.68. The van der Waals surface area contributed by atoms with Crippen LogP contribution in [0.1, 0.15) is 36.8 Å². The molecule has 2 aromatic carbocycles. The molecule has 2 aliphatic rings. The van der Waals surface area contributed by atoms with Gasteiger partial charge in [0.1, 0.15) is 5.82 Å². The van der Waals surface area contributed by atoms with E-state index < -0.39 is 5.41 Å². The first-order valence-electron chi connectivity index (χ1n) is 10.7. The van der Waals surface area contributed by atoms with Crippen molar-refractivity contribution < 1.29 is 13.9 Å². The summed E-state index contributed by atoms with van der Waals surface area (Å²) in [7, 11) is 0. The van der Waals surface area contributed by atoms with Crippen LogP contribution in [0.4, 0.5) is 4.39 Å². The second-order valence-corrected chi connectivity index (χ2v) is 9.27. The Balaban J connectivity index is 1.36. The molecular weight excluding hydrogens is 447 g/mol. The summed E-state index contributed by atoms with van der Waals surface area (Å²) in [5.74, 6) is -0.0712. The quantitative estimate of drug-likeness (QED) is 0.697. The van der Waals surface area contributed by atoms with Crippen LogP contribution in [0, 0.1) is 5.82 Å². The Morgan fingerprint density at radius 3 is 2.33 bits per heavy atom. The molecule has 2 aliphatic heterocycles. The second kappa shape index (κ2) is 9.58. The van der Waals surface area contributed by atoms with Crippen molar-refractivity contribution in [1.82, 2.24) is 10.2 Å². The molecule has 0 unspecified atom stereocenters. The molecule has 1 N–H and O–H groups in total. The molecule has 0 atom stereocenters. The largest absolute Gasteiger partial charge is 0.381 e. The van der Waals surface area contributed by atoms with Gasteiger partial charge in [-0.15, -0.1) is 0 Å². The fraction of sp³-hybridized carbons (Fsp3) is 0.458. The third kappa shape index (κ3) is 4.93. The molecule has 0 aromatic heterocycles. The van der Waals surface area contributed by atoms with Crippen LogP contribution in [0.25, 0.3) is 0 Å². The summed E-state index contributed by atoms with van der Waals surface area (Å²) in [4.78, 5) is 15.8. The first kappa shape index (κ1) is 21.5. The van der Waals surface area contributed by atoms with E-state index in [-0.39, 0.29) is 17.8 Å². The molecule has 160 valence electrons. The van der Waals surface area contributed by atoms with Gasteiger partial charge in [-0.1, -0.05) is 40.2 Å². The Hall–Kier alpha value is -1.76. The Bertz CT molecular complexity index is 843. The van der Waals surface area contributed by atoms with Crippen LogP contribution in [0.15, 0.2) is 53.0 Å². The van der Waals surface area contributed by atoms with Crippen LogP contribution in [0.5, 0.6) is 0 Å². The van der Waals surface area contributed by atoms with Gasteiger partial charge in [0.05, 0.1) is 5.41 Å². The van der Waals surface area contributed by atoms with Crippen molar-refractivity contribution in [2.45, 2.75) is 43.7 Å². The summed E-state index contributed by atoms with van der Waals surface area (Å²) in [5, 5.41) is 3.35. The number of benzene rings is 2. The molecule has 0 spiro atoms. The summed E-state index contributed by atoms with van der Waals surface area (Å²) < 4.78 is 19.7. The van der Waals surface area contributed by atoms with Gasteiger partial charge in [0.2, 0.25) is 5.91 Å². The molecule has 2 saturated heterocycles. The number of carbonyl (C=O) groups excluding carboxylic acids is 1. The first-order chi connectivity index (χ1) is 14.5. The maximum atomic E-state index is 13.5. The molecule has 0 radical (unpaired) electrons. The van der Waals surface area contributed by atoms with E-state index in [2.05, 4.69) is 38.3 Å². The van der Waals surface area contributed by atoms with Crippen LogP contribution < -0.4 is 5.32 Å². The third-order valence-corrected chi connectivity index (χ3v) is 6.95. The van der Waals surface area contributed by atoms with Crippen LogP contribution in [-0.2, 0) is 21.5 Å². The van der Waals surface area contributed by atoms with Gasteiger partial charge in [0, 0.05) is 43.4 Å². The second-order valence-electron chi connectivity index (χ2n) is 8.35. The van der Waals surface area contributed by atoms with Gasteiger partial charge in [-0.2, -0.15) is 0 Å². The van der Waals surface area contributed by atoms with Crippen molar-refractivity contribution >= 4 is 21.8 Å². The van der Waals surface area contributed by atoms with Crippen molar-refractivity contribution in [1.29, 1.82) is 0 Å². The van der Waals surface area contributed by atoms with Gasteiger partial charge in [0.25, 0.3) is 0 Å². The molecule has 6 heteroatoms. The Morgan fingerprint density at radius 2 is 1.70 bits per heavy atom. The van der Waals surface area contributed by atoms with Crippen LogP contribution in [0.2, 0.25) is 0 Å². The number of hydrogen-bond acceptors (Lipinski definition) is 3. The van der Waals surface area contributed by atoms with E-state index in [1.54, 1.807) is 0 Å². The standard InChI is InChI=1S/C24H28BrFN2O2/c25-20-5-3-19(4-6-20)24(11-15-30-16-12-24)23(29)27-22-9-13-28(14-10-22)17-18-1-7-21(26)8-2-18/h1-8,22H,9-17H2,(H,27,29). The van der Waals surface area contributed by atoms with Crippen LogP contribution in [0.3, 0.4) is 0 Å². The van der Waals surface area contributed by atoms with Gasteiger partial charge in [-0.05, 0) is 61.1 Å². The highest BCUT2D eigenvalue weighted by atomic mass is 79.9. The van der Waals surface area contributed by atoms with Gasteiger partial charge in [0.15, 0.2) is 0 Å². The maximum absolute atomic E-state index is 13.5. The highest BCUT2D eigenvalue weighted by Crippen LogP contribution is 2.36. The summed E-state index contributed by atoms with van der Waals surface area (Å²) in [6, 6.07) is 15.0. The molecule has 0 saturated carbocycles. The molecule has 0 bridgehead atoms. The Kier molecular flexibility index (Phi) is 6.86. The zero-order valence-electron chi connectivity index (χ0n) is 17.1. The predicted octanol–water partition coefficient (Wildman–Crippen LogP) is 4.42. The first-order valence-corrected chi connectivity index (χ1v) is 11.5. The Labute approximate surface area is 185 Å². The number of piperidine rings is 1. The molecule has 30 heavy (non-hydrogen) atoms. The summed E-state index contributed by atoms with van der Waals surface area (Å²) in [6.07, 6.45) is 3.29. The molecule has 2 fully saturated rings. The maximum Gasteiger partial charge on any atom is 0.231 e. The summed E-state index contributed by atoms with van der Waals surface area (Å²) in [6.45, 7) is 3.90. The number of ether oxygens (including phenoxy) is 1. The van der Waals surface area contributed by atoms with Gasteiger partial charge < -0.3 is 10.1 Å². The molecule has 2 heterocycles. The number of halogens is 2. The number of carbonyl (C=O) groups is 1. The number of nitrogens with zero attached hydrogens (tertiary/aromatic N) is 1. The fourth-order valence-corrected chi connectivity index (χ4v) is 4.81. The highest BCUT2D eigenvalue weighted by molar-refractivity contribution is 9.10.